The van der Waals surface area contributed by atoms with Gasteiger partial charge in [-0.3, -0.25) is 19.3 Å². The van der Waals surface area contributed by atoms with Gasteiger partial charge in [0.15, 0.2) is 12.4 Å². The molecule has 1 fully saturated rings. The van der Waals surface area contributed by atoms with E-state index in [2.05, 4.69) is 0 Å². The number of methoxy groups -OCH3 is 1. The topological polar surface area (TPSA) is 90.0 Å². The van der Waals surface area contributed by atoms with Crippen LogP contribution < -0.4 is 9.64 Å². The molecule has 2 amide bonds. The highest BCUT2D eigenvalue weighted by atomic mass is 16.5. The molecule has 7 heteroatoms. The Hall–Kier alpha value is -3.74. The molecule has 164 valence electrons. The van der Waals surface area contributed by atoms with Gasteiger partial charge >= 0.3 is 5.97 Å². The first-order valence-electron chi connectivity index (χ1n) is 10.4. The summed E-state index contributed by atoms with van der Waals surface area (Å²) < 4.78 is 10.2. The van der Waals surface area contributed by atoms with Crippen LogP contribution >= 0.6 is 0 Å². The zero-order valence-electron chi connectivity index (χ0n) is 17.8. The Bertz CT molecular complexity index is 1090. The monoisotopic (exact) mass is 433 g/mol. The van der Waals surface area contributed by atoms with E-state index in [4.69, 9.17) is 9.47 Å². The highest BCUT2D eigenvalue weighted by Crippen LogP contribution is 2.40. The number of nitrogens with zero attached hydrogens (tertiary/aromatic N) is 1. The Balaban J connectivity index is 1.40. The highest BCUT2D eigenvalue weighted by molar-refractivity contribution is 6.22. The number of Topliss-reactive ketones (excluding diaryl/α,β-unsaturated/α-hetero) is 1. The van der Waals surface area contributed by atoms with E-state index in [1.807, 2.05) is 19.1 Å². The molecular formula is C25H23NO6. The Labute approximate surface area is 185 Å². The van der Waals surface area contributed by atoms with Gasteiger partial charge in [-0.15, -0.1) is 0 Å². The Morgan fingerprint density at radius 3 is 2.25 bits per heavy atom. The zero-order valence-corrected chi connectivity index (χ0v) is 17.8. The van der Waals surface area contributed by atoms with Crippen LogP contribution in [0, 0.1) is 17.8 Å². The van der Waals surface area contributed by atoms with E-state index in [0.717, 1.165) is 0 Å². The van der Waals surface area contributed by atoms with Gasteiger partial charge in [0, 0.05) is 5.56 Å². The third-order valence-electron chi connectivity index (χ3n) is 5.98. The lowest BCUT2D eigenvalue weighted by Gasteiger charge is -2.22. The van der Waals surface area contributed by atoms with Crippen LogP contribution in [0.25, 0.3) is 0 Å². The molecule has 0 aromatic heterocycles. The fourth-order valence-electron chi connectivity index (χ4n) is 4.22. The molecule has 7 nitrogen and oxygen atoms in total. The number of ether oxygens (including phenoxy) is 2. The second-order valence-electron chi connectivity index (χ2n) is 7.94. The van der Waals surface area contributed by atoms with Crippen LogP contribution in [0.4, 0.5) is 5.69 Å². The molecule has 4 rings (SSSR count). The maximum absolute atomic E-state index is 12.9. The molecule has 1 heterocycles. The summed E-state index contributed by atoms with van der Waals surface area (Å²) in [6.07, 6.45) is 4.48. The molecule has 32 heavy (non-hydrogen) atoms. The predicted molar refractivity (Wildman–Crippen MR) is 116 cm³/mol. The van der Waals surface area contributed by atoms with Crippen molar-refractivity contribution >= 4 is 29.3 Å². The number of carbonyl (C=O) groups is 4. The van der Waals surface area contributed by atoms with Gasteiger partial charge in [0.1, 0.15) is 5.75 Å². The third kappa shape index (κ3) is 3.93. The van der Waals surface area contributed by atoms with E-state index in [1.54, 1.807) is 36.4 Å². The minimum Gasteiger partial charge on any atom is -0.497 e. The molecule has 1 aliphatic carbocycles. The number of anilines is 1. The van der Waals surface area contributed by atoms with E-state index < -0.39 is 12.6 Å². The van der Waals surface area contributed by atoms with Crippen molar-refractivity contribution in [3.8, 4) is 5.75 Å². The average Bonchev–Trinajstić information content (AvgIpc) is 3.08. The molecule has 0 saturated carbocycles. The molecule has 1 saturated heterocycles. The van der Waals surface area contributed by atoms with Crippen LogP contribution in [0.3, 0.4) is 0 Å². The maximum atomic E-state index is 12.9. The molecule has 0 spiro atoms. The first-order chi connectivity index (χ1) is 15.4. The SMILES string of the molecule is COc1ccc(C(=O)COC(=O)c2ccc(N3C(=O)[C@H]4[C@@H](C)C=CC[C@H]4C3=O)cc2)cc1. The number of carbonyl (C=O) groups excluding carboxylic acids is 4. The fourth-order valence-corrected chi connectivity index (χ4v) is 4.22. The smallest absolute Gasteiger partial charge is 0.338 e. The molecule has 2 aliphatic rings. The largest absolute Gasteiger partial charge is 0.497 e. The number of esters is 1. The Morgan fingerprint density at radius 1 is 0.969 bits per heavy atom. The van der Waals surface area contributed by atoms with Crippen molar-refractivity contribution in [3.05, 3.63) is 71.8 Å². The summed E-state index contributed by atoms with van der Waals surface area (Å²) in [4.78, 5) is 51.4. The van der Waals surface area contributed by atoms with E-state index in [0.29, 0.717) is 23.4 Å². The molecule has 2 aromatic rings. The predicted octanol–water partition coefficient (Wildman–Crippen LogP) is 3.44. The number of allylic oxidation sites excluding steroid dienone is 2. The Kier molecular flexibility index (Phi) is 5.90. The van der Waals surface area contributed by atoms with Crippen LogP contribution in [-0.2, 0) is 14.3 Å². The number of amides is 2. The van der Waals surface area contributed by atoms with Gasteiger partial charge in [-0.1, -0.05) is 19.1 Å². The van der Waals surface area contributed by atoms with Crippen molar-refractivity contribution in [1.82, 2.24) is 0 Å². The number of imide groups is 1. The summed E-state index contributed by atoms with van der Waals surface area (Å²) >= 11 is 0. The molecule has 0 N–H and O–H groups in total. The number of rotatable bonds is 6. The summed E-state index contributed by atoms with van der Waals surface area (Å²) in [5.74, 6) is -1.47. The van der Waals surface area contributed by atoms with Crippen LogP contribution in [0.15, 0.2) is 60.7 Å². The summed E-state index contributed by atoms with van der Waals surface area (Å²) in [5, 5.41) is 0. The summed E-state index contributed by atoms with van der Waals surface area (Å²) in [6.45, 7) is 1.54. The van der Waals surface area contributed by atoms with Gasteiger partial charge in [-0.2, -0.15) is 0 Å². The first-order valence-corrected chi connectivity index (χ1v) is 10.4. The van der Waals surface area contributed by atoms with Crippen molar-refractivity contribution in [2.75, 3.05) is 18.6 Å². The highest BCUT2D eigenvalue weighted by Gasteiger charge is 2.50. The van der Waals surface area contributed by atoms with Crippen molar-refractivity contribution in [1.29, 1.82) is 0 Å². The second-order valence-corrected chi connectivity index (χ2v) is 7.94. The van der Waals surface area contributed by atoms with Gasteiger partial charge in [-0.25, -0.2) is 4.79 Å². The van der Waals surface area contributed by atoms with E-state index >= 15 is 0 Å². The van der Waals surface area contributed by atoms with E-state index in [9.17, 15) is 19.2 Å². The normalized spacial score (nSPS) is 21.9. The van der Waals surface area contributed by atoms with E-state index in [1.165, 1.54) is 24.1 Å². The van der Waals surface area contributed by atoms with Crippen LogP contribution in [-0.4, -0.2) is 37.3 Å². The summed E-state index contributed by atoms with van der Waals surface area (Å²) in [5.41, 5.74) is 1.06. The minimum absolute atomic E-state index is 0.00712. The summed E-state index contributed by atoms with van der Waals surface area (Å²) in [7, 11) is 1.53. The fraction of sp³-hybridized carbons (Fsp3) is 0.280. The summed E-state index contributed by atoms with van der Waals surface area (Å²) in [6, 6.07) is 12.6. The van der Waals surface area contributed by atoms with Crippen molar-refractivity contribution in [2.45, 2.75) is 13.3 Å². The number of fused-ring (bicyclic) bond motifs is 1. The lowest BCUT2D eigenvalue weighted by Crippen LogP contribution is -2.31. The van der Waals surface area contributed by atoms with Gasteiger partial charge in [-0.05, 0) is 60.9 Å². The second kappa shape index (κ2) is 8.78. The van der Waals surface area contributed by atoms with Crippen molar-refractivity contribution < 1.29 is 28.7 Å². The first kappa shape index (κ1) is 21.5. The maximum Gasteiger partial charge on any atom is 0.338 e. The quantitative estimate of drug-likeness (QED) is 0.300. The number of hydrogen-bond acceptors (Lipinski definition) is 6. The van der Waals surface area contributed by atoms with Gasteiger partial charge in [0.2, 0.25) is 11.8 Å². The van der Waals surface area contributed by atoms with Gasteiger partial charge in [0.05, 0.1) is 30.2 Å². The number of ketones is 1. The third-order valence-corrected chi connectivity index (χ3v) is 5.98. The van der Waals surface area contributed by atoms with E-state index in [-0.39, 0.29) is 40.9 Å². The van der Waals surface area contributed by atoms with Gasteiger partial charge < -0.3 is 9.47 Å². The lowest BCUT2D eigenvalue weighted by atomic mass is 9.78. The zero-order chi connectivity index (χ0) is 22.8. The Morgan fingerprint density at radius 2 is 1.62 bits per heavy atom. The standard InChI is InChI=1S/C25H23NO6/c1-15-4-3-5-20-22(15)24(29)26(23(20)28)18-10-6-17(7-11-18)25(30)32-14-21(27)16-8-12-19(31-2)13-9-16/h3-4,6-13,15,20,22H,5,14H2,1-2H3/t15-,20+,22-/m0/s1. The van der Waals surface area contributed by atoms with Crippen molar-refractivity contribution in [3.63, 3.8) is 0 Å². The average molecular weight is 433 g/mol. The molecule has 0 unspecified atom stereocenters. The van der Waals surface area contributed by atoms with Gasteiger partial charge in [0.25, 0.3) is 0 Å². The van der Waals surface area contributed by atoms with Crippen LogP contribution in [0.5, 0.6) is 5.75 Å². The number of benzene rings is 2. The lowest BCUT2D eigenvalue weighted by molar-refractivity contribution is -0.122. The molecule has 0 radical (unpaired) electrons. The number of hydrogen-bond donors (Lipinski definition) is 0. The molecule has 1 aliphatic heterocycles. The molecule has 0 bridgehead atoms. The molecule has 2 aromatic carbocycles. The minimum atomic E-state index is -0.663. The molecule has 3 atom stereocenters. The van der Waals surface area contributed by atoms with Crippen LogP contribution in [0.2, 0.25) is 0 Å². The van der Waals surface area contributed by atoms with Crippen LogP contribution in [0.1, 0.15) is 34.1 Å². The van der Waals surface area contributed by atoms with Crippen molar-refractivity contribution in [2.24, 2.45) is 17.8 Å². The molecular weight excluding hydrogens is 410 g/mol.